The van der Waals surface area contributed by atoms with Crippen LogP contribution in [-0.4, -0.2) is 45.1 Å². The number of nitrogens with zero attached hydrogens (tertiary/aromatic N) is 1. The zero-order valence-corrected chi connectivity index (χ0v) is 15.8. The van der Waals surface area contributed by atoms with E-state index in [0.717, 1.165) is 12.5 Å². The van der Waals surface area contributed by atoms with E-state index < -0.39 is 15.8 Å². The van der Waals surface area contributed by atoms with E-state index in [-0.39, 0.29) is 23.4 Å². The molecule has 2 rings (SSSR count). The molecule has 1 saturated heterocycles. The smallest absolute Gasteiger partial charge is 0.245 e. The topological polar surface area (TPSA) is 72.6 Å². The molecule has 0 unspecified atom stereocenters. The molecule has 0 radical (unpaired) electrons. The summed E-state index contributed by atoms with van der Waals surface area (Å²) in [5, 5.41) is 0. The second-order valence-electron chi connectivity index (χ2n) is 5.19. The van der Waals surface area contributed by atoms with Crippen LogP contribution in [0.1, 0.15) is 19.3 Å². The molecule has 0 spiro atoms. The van der Waals surface area contributed by atoms with Crippen LogP contribution in [0.5, 0.6) is 0 Å². The van der Waals surface area contributed by atoms with Gasteiger partial charge in [-0.1, -0.05) is 15.9 Å². The lowest BCUT2D eigenvalue weighted by molar-refractivity contribution is 0.0208. The Morgan fingerprint density at radius 3 is 2.57 bits per heavy atom. The first-order valence-electron chi connectivity index (χ1n) is 7.22. The number of benzene rings is 1. The molecule has 23 heavy (non-hydrogen) atoms. The molecule has 0 bridgehead atoms. The molecule has 5 nitrogen and oxygen atoms in total. The number of ether oxygens (including phenoxy) is 1. The van der Waals surface area contributed by atoms with E-state index in [2.05, 4.69) is 15.9 Å². The quantitative estimate of drug-likeness (QED) is 0.703. The van der Waals surface area contributed by atoms with E-state index in [4.69, 9.17) is 10.5 Å². The Kier molecular flexibility index (Phi) is 8.40. The molecule has 0 aromatic heterocycles. The average molecular weight is 432 g/mol. The summed E-state index contributed by atoms with van der Waals surface area (Å²) in [6, 6.07) is 3.98. The number of nitrogens with two attached hydrogens (primary N) is 1. The van der Waals surface area contributed by atoms with Crippen molar-refractivity contribution in [3.8, 4) is 0 Å². The summed E-state index contributed by atoms with van der Waals surface area (Å²) in [6.45, 7) is 1.85. The van der Waals surface area contributed by atoms with Crippen molar-refractivity contribution >= 4 is 38.4 Å². The maximum absolute atomic E-state index is 13.9. The highest BCUT2D eigenvalue weighted by Crippen LogP contribution is 2.25. The Labute approximate surface area is 151 Å². The fourth-order valence-electron chi connectivity index (χ4n) is 2.40. The van der Waals surface area contributed by atoms with Gasteiger partial charge in [-0.05, 0) is 44.0 Å². The summed E-state index contributed by atoms with van der Waals surface area (Å²) < 4.78 is 46.4. The number of sulfonamides is 1. The lowest BCUT2D eigenvalue weighted by Crippen LogP contribution is -2.41. The molecule has 1 fully saturated rings. The molecule has 0 amide bonds. The van der Waals surface area contributed by atoms with Gasteiger partial charge in [-0.2, -0.15) is 4.31 Å². The Balaban J connectivity index is 0.00000264. The van der Waals surface area contributed by atoms with Crippen LogP contribution in [0.15, 0.2) is 27.6 Å². The molecule has 1 aromatic rings. The highest BCUT2D eigenvalue weighted by Gasteiger charge is 2.31. The Bertz CT molecular complexity index is 610. The minimum absolute atomic E-state index is 0. The summed E-state index contributed by atoms with van der Waals surface area (Å²) >= 11 is 3.12. The molecule has 1 aromatic carbocycles. The van der Waals surface area contributed by atoms with Crippen molar-refractivity contribution in [2.24, 2.45) is 5.73 Å². The van der Waals surface area contributed by atoms with E-state index in [9.17, 15) is 12.8 Å². The summed E-state index contributed by atoms with van der Waals surface area (Å²) in [6.07, 6.45) is 2.07. The minimum Gasteiger partial charge on any atom is -0.378 e. The van der Waals surface area contributed by atoms with Crippen LogP contribution in [0, 0.1) is 5.82 Å². The number of hydrogen-bond donors (Lipinski definition) is 1. The van der Waals surface area contributed by atoms with Crippen LogP contribution in [-0.2, 0) is 14.8 Å². The maximum Gasteiger partial charge on any atom is 0.245 e. The van der Waals surface area contributed by atoms with Crippen molar-refractivity contribution < 1.29 is 17.5 Å². The highest BCUT2D eigenvalue weighted by atomic mass is 79.9. The fourth-order valence-corrected chi connectivity index (χ4v) is 4.24. The molecule has 1 aliphatic rings. The lowest BCUT2D eigenvalue weighted by Gasteiger charge is -2.31. The van der Waals surface area contributed by atoms with Crippen LogP contribution in [0.4, 0.5) is 4.39 Å². The van der Waals surface area contributed by atoms with E-state index in [1.807, 2.05) is 0 Å². The van der Waals surface area contributed by atoms with Gasteiger partial charge in [0.2, 0.25) is 10.0 Å². The minimum atomic E-state index is -3.80. The zero-order valence-electron chi connectivity index (χ0n) is 12.6. The second-order valence-corrected chi connectivity index (χ2v) is 8.01. The number of hydrogen-bond acceptors (Lipinski definition) is 4. The van der Waals surface area contributed by atoms with Crippen molar-refractivity contribution in [3.05, 3.63) is 28.5 Å². The third kappa shape index (κ3) is 5.37. The standard InChI is InChI=1S/C14H20BrFN2O3S.ClH/c15-11-2-3-14(13(16)10-11)22(19,20)18-7-4-12(5-8-18)21-9-1-6-17;/h2-3,10,12H,1,4-9,17H2;1H. The maximum atomic E-state index is 13.9. The lowest BCUT2D eigenvalue weighted by atomic mass is 10.1. The molecule has 0 atom stereocenters. The monoisotopic (exact) mass is 430 g/mol. The van der Waals surface area contributed by atoms with Crippen molar-refractivity contribution in [2.75, 3.05) is 26.2 Å². The summed E-state index contributed by atoms with van der Waals surface area (Å²) in [4.78, 5) is -0.279. The van der Waals surface area contributed by atoms with Crippen LogP contribution < -0.4 is 5.73 Å². The highest BCUT2D eigenvalue weighted by molar-refractivity contribution is 9.10. The van der Waals surface area contributed by atoms with Gasteiger partial charge >= 0.3 is 0 Å². The average Bonchev–Trinajstić information content (AvgIpc) is 2.47. The normalized spacial score (nSPS) is 17.0. The predicted octanol–water partition coefficient (Wildman–Crippen LogP) is 2.53. The molecular weight excluding hydrogens is 411 g/mol. The number of halogens is 3. The SMILES string of the molecule is Cl.NCCCOC1CCN(S(=O)(=O)c2ccc(Br)cc2F)CC1. The van der Waals surface area contributed by atoms with Gasteiger partial charge in [0.25, 0.3) is 0 Å². The van der Waals surface area contributed by atoms with Gasteiger partial charge in [-0.25, -0.2) is 12.8 Å². The van der Waals surface area contributed by atoms with Crippen LogP contribution >= 0.6 is 28.3 Å². The first-order valence-corrected chi connectivity index (χ1v) is 9.45. The van der Waals surface area contributed by atoms with Gasteiger partial charge in [0.1, 0.15) is 10.7 Å². The van der Waals surface area contributed by atoms with Crippen LogP contribution in [0.2, 0.25) is 0 Å². The summed E-state index contributed by atoms with van der Waals surface area (Å²) in [7, 11) is -3.80. The van der Waals surface area contributed by atoms with Gasteiger partial charge in [0.05, 0.1) is 6.10 Å². The van der Waals surface area contributed by atoms with Crippen molar-refractivity contribution in [1.82, 2.24) is 4.31 Å². The van der Waals surface area contributed by atoms with Crippen molar-refractivity contribution in [3.63, 3.8) is 0 Å². The molecule has 0 aliphatic carbocycles. The number of rotatable bonds is 6. The van der Waals surface area contributed by atoms with E-state index in [1.54, 1.807) is 0 Å². The molecule has 2 N–H and O–H groups in total. The summed E-state index contributed by atoms with van der Waals surface area (Å²) in [5.41, 5.74) is 5.41. The molecular formula is C14H21BrClFN2O3S. The molecule has 1 aliphatic heterocycles. The third-order valence-electron chi connectivity index (χ3n) is 3.61. The zero-order chi connectivity index (χ0) is 16.2. The van der Waals surface area contributed by atoms with Gasteiger partial charge in [-0.15, -0.1) is 12.4 Å². The third-order valence-corrected chi connectivity index (χ3v) is 6.04. The van der Waals surface area contributed by atoms with Gasteiger partial charge < -0.3 is 10.5 Å². The fraction of sp³-hybridized carbons (Fsp3) is 0.571. The first-order chi connectivity index (χ1) is 10.4. The molecule has 1 heterocycles. The van der Waals surface area contributed by atoms with E-state index in [0.29, 0.717) is 43.6 Å². The van der Waals surface area contributed by atoms with E-state index in [1.165, 1.54) is 16.4 Å². The van der Waals surface area contributed by atoms with Crippen molar-refractivity contribution in [2.45, 2.75) is 30.3 Å². The number of piperidine rings is 1. The largest absolute Gasteiger partial charge is 0.378 e. The van der Waals surface area contributed by atoms with Gasteiger partial charge in [0, 0.05) is 24.2 Å². The van der Waals surface area contributed by atoms with Crippen LogP contribution in [0.25, 0.3) is 0 Å². The first kappa shape index (κ1) is 20.8. The molecule has 0 saturated carbocycles. The van der Waals surface area contributed by atoms with Crippen molar-refractivity contribution in [1.29, 1.82) is 0 Å². The van der Waals surface area contributed by atoms with Gasteiger partial charge in [0.15, 0.2) is 0 Å². The molecule has 9 heteroatoms. The Hall–Kier alpha value is -0.250. The Morgan fingerprint density at radius 2 is 2.00 bits per heavy atom. The summed E-state index contributed by atoms with van der Waals surface area (Å²) in [5.74, 6) is -0.740. The van der Waals surface area contributed by atoms with Gasteiger partial charge in [-0.3, -0.25) is 0 Å². The van der Waals surface area contributed by atoms with E-state index >= 15 is 0 Å². The second kappa shape index (κ2) is 9.29. The predicted molar refractivity (Wildman–Crippen MR) is 92.8 cm³/mol. The molecule has 132 valence electrons. The van der Waals surface area contributed by atoms with Crippen LogP contribution in [0.3, 0.4) is 0 Å². The Morgan fingerprint density at radius 1 is 1.35 bits per heavy atom.